The van der Waals surface area contributed by atoms with E-state index in [0.29, 0.717) is 29.9 Å². The highest BCUT2D eigenvalue weighted by atomic mass is 16.5. The molecule has 8 nitrogen and oxygen atoms in total. The van der Waals surface area contributed by atoms with Crippen molar-refractivity contribution in [3.8, 4) is 0 Å². The van der Waals surface area contributed by atoms with Crippen LogP contribution in [-0.2, 0) is 9.53 Å². The molecule has 2 atom stereocenters. The van der Waals surface area contributed by atoms with E-state index >= 15 is 0 Å². The van der Waals surface area contributed by atoms with Gasteiger partial charge in [0.15, 0.2) is 5.78 Å². The lowest BCUT2D eigenvalue weighted by molar-refractivity contribution is -0.116. The summed E-state index contributed by atoms with van der Waals surface area (Å²) in [4.78, 5) is 25.1. The van der Waals surface area contributed by atoms with Crippen molar-refractivity contribution in [2.45, 2.75) is 24.8 Å². The van der Waals surface area contributed by atoms with E-state index in [1.165, 1.54) is 7.11 Å². The standard InChI is InChI=1S/C22H19N5O3/c1-30-21(29)15-9-7-14(8-10-15)20-19-17(23-22-24-25-26-27(20)22)11-16(12-18(19)28)13-5-3-2-4-6-13/h2-10,16,20H,11-12H2,1H3,(H,23,24,26)/t16-,20-/m0/s1. The summed E-state index contributed by atoms with van der Waals surface area (Å²) >= 11 is 0. The van der Waals surface area contributed by atoms with Gasteiger partial charge in [0.05, 0.1) is 12.7 Å². The molecule has 0 saturated carbocycles. The number of esters is 1. The number of carbonyl (C=O) groups is 2. The molecule has 0 fully saturated rings. The molecule has 0 spiro atoms. The highest BCUT2D eigenvalue weighted by Crippen LogP contribution is 2.43. The maximum Gasteiger partial charge on any atom is 0.337 e. The number of hydrogen-bond acceptors (Lipinski definition) is 7. The highest BCUT2D eigenvalue weighted by molar-refractivity contribution is 6.00. The van der Waals surface area contributed by atoms with Gasteiger partial charge in [0.25, 0.3) is 0 Å². The third kappa shape index (κ3) is 2.97. The topological polar surface area (TPSA) is 99.0 Å². The minimum Gasteiger partial charge on any atom is -0.465 e. The van der Waals surface area contributed by atoms with Gasteiger partial charge in [-0.1, -0.05) is 47.6 Å². The van der Waals surface area contributed by atoms with Gasteiger partial charge in [0.2, 0.25) is 5.95 Å². The lowest BCUT2D eigenvalue weighted by Crippen LogP contribution is -2.33. The van der Waals surface area contributed by atoms with Crippen LogP contribution in [0.4, 0.5) is 5.95 Å². The number of nitrogens with zero attached hydrogens (tertiary/aromatic N) is 4. The van der Waals surface area contributed by atoms with E-state index < -0.39 is 12.0 Å². The van der Waals surface area contributed by atoms with Crippen molar-refractivity contribution in [1.82, 2.24) is 20.2 Å². The molecule has 3 aromatic rings. The molecule has 0 amide bonds. The molecule has 0 unspecified atom stereocenters. The highest BCUT2D eigenvalue weighted by Gasteiger charge is 2.39. The molecule has 150 valence electrons. The number of benzene rings is 2. The van der Waals surface area contributed by atoms with Crippen molar-refractivity contribution in [3.05, 3.63) is 82.6 Å². The van der Waals surface area contributed by atoms with Crippen LogP contribution in [0.15, 0.2) is 65.9 Å². The fraction of sp³-hybridized carbons (Fsp3) is 0.227. The molecule has 2 aliphatic rings. The van der Waals surface area contributed by atoms with E-state index in [9.17, 15) is 9.59 Å². The fourth-order valence-electron chi connectivity index (χ4n) is 4.26. The second-order valence-corrected chi connectivity index (χ2v) is 7.42. The SMILES string of the molecule is COC(=O)c1ccc([C@H]2C3=C(C[C@H](c4ccccc4)CC3=O)Nc3nnnn32)cc1. The molecule has 1 aliphatic carbocycles. The van der Waals surface area contributed by atoms with Gasteiger partial charge in [-0.15, -0.1) is 0 Å². The molecule has 30 heavy (non-hydrogen) atoms. The second kappa shape index (κ2) is 7.22. The van der Waals surface area contributed by atoms with Crippen molar-refractivity contribution >= 4 is 17.7 Å². The zero-order chi connectivity index (χ0) is 20.7. The number of fused-ring (bicyclic) bond motifs is 1. The fourth-order valence-corrected chi connectivity index (χ4v) is 4.26. The molecular weight excluding hydrogens is 382 g/mol. The van der Waals surface area contributed by atoms with Crippen LogP contribution in [0, 0.1) is 0 Å². The van der Waals surface area contributed by atoms with Gasteiger partial charge in [-0.2, -0.15) is 4.68 Å². The monoisotopic (exact) mass is 401 g/mol. The van der Waals surface area contributed by atoms with Gasteiger partial charge in [0, 0.05) is 17.7 Å². The Balaban J connectivity index is 1.56. The van der Waals surface area contributed by atoms with Crippen molar-refractivity contribution in [3.63, 3.8) is 0 Å². The Morgan fingerprint density at radius 2 is 1.83 bits per heavy atom. The Morgan fingerprint density at radius 3 is 2.57 bits per heavy atom. The lowest BCUT2D eigenvalue weighted by atomic mass is 9.78. The predicted molar refractivity (Wildman–Crippen MR) is 108 cm³/mol. The van der Waals surface area contributed by atoms with Crippen molar-refractivity contribution < 1.29 is 14.3 Å². The number of methoxy groups -OCH3 is 1. The first-order valence-electron chi connectivity index (χ1n) is 9.70. The summed E-state index contributed by atoms with van der Waals surface area (Å²) in [5.41, 5.74) is 3.94. The van der Waals surface area contributed by atoms with Crippen LogP contribution in [0.25, 0.3) is 0 Å². The molecule has 1 aromatic heterocycles. The summed E-state index contributed by atoms with van der Waals surface area (Å²) < 4.78 is 6.39. The van der Waals surface area contributed by atoms with E-state index in [-0.39, 0.29) is 11.7 Å². The Morgan fingerprint density at radius 1 is 1.07 bits per heavy atom. The molecule has 5 rings (SSSR count). The van der Waals surface area contributed by atoms with Crippen LogP contribution in [0.5, 0.6) is 0 Å². The minimum atomic E-state index is -0.442. The van der Waals surface area contributed by atoms with Crippen LogP contribution in [0.2, 0.25) is 0 Å². The second-order valence-electron chi connectivity index (χ2n) is 7.42. The number of carbonyl (C=O) groups excluding carboxylic acids is 2. The number of allylic oxidation sites excluding steroid dienone is 2. The van der Waals surface area contributed by atoms with E-state index in [0.717, 1.165) is 16.8 Å². The third-order valence-electron chi connectivity index (χ3n) is 5.70. The van der Waals surface area contributed by atoms with Gasteiger partial charge >= 0.3 is 5.97 Å². The number of nitrogens with one attached hydrogen (secondary N) is 1. The molecule has 1 N–H and O–H groups in total. The number of hydrogen-bond donors (Lipinski definition) is 1. The Kier molecular flexibility index (Phi) is 4.39. The average molecular weight is 401 g/mol. The number of ether oxygens (including phenoxy) is 1. The average Bonchev–Trinajstić information content (AvgIpc) is 3.26. The largest absolute Gasteiger partial charge is 0.465 e. The minimum absolute atomic E-state index is 0.0702. The maximum atomic E-state index is 13.3. The van der Waals surface area contributed by atoms with Crippen molar-refractivity contribution in [2.75, 3.05) is 12.4 Å². The number of tetrazole rings is 1. The van der Waals surface area contributed by atoms with Gasteiger partial charge in [-0.25, -0.2) is 4.79 Å². The predicted octanol–water partition coefficient (Wildman–Crippen LogP) is 2.88. The maximum absolute atomic E-state index is 13.3. The van der Waals surface area contributed by atoms with Gasteiger partial charge in [-0.3, -0.25) is 4.79 Å². The van der Waals surface area contributed by atoms with Gasteiger partial charge in [-0.05, 0) is 46.0 Å². The summed E-state index contributed by atoms with van der Waals surface area (Å²) in [6.07, 6.45) is 1.13. The van der Waals surface area contributed by atoms with E-state index in [4.69, 9.17) is 4.74 Å². The first-order chi connectivity index (χ1) is 14.7. The Bertz CT molecular complexity index is 1150. The number of Topliss-reactive ketones (excluding diaryl/α,β-unsaturated/α-hetero) is 1. The number of ketones is 1. The van der Waals surface area contributed by atoms with Crippen molar-refractivity contribution in [2.24, 2.45) is 0 Å². The van der Waals surface area contributed by atoms with Crippen LogP contribution in [0.1, 0.15) is 46.3 Å². The summed E-state index contributed by atoms with van der Waals surface area (Å²) in [7, 11) is 1.34. The first kappa shape index (κ1) is 18.2. The quantitative estimate of drug-likeness (QED) is 0.674. The Hall–Kier alpha value is -3.81. The summed E-state index contributed by atoms with van der Waals surface area (Å²) in [5, 5.41) is 15.2. The van der Waals surface area contributed by atoms with Crippen LogP contribution in [0.3, 0.4) is 0 Å². The third-order valence-corrected chi connectivity index (χ3v) is 5.70. The summed E-state index contributed by atoms with van der Waals surface area (Å²) in [5.74, 6) is 0.266. The zero-order valence-electron chi connectivity index (χ0n) is 16.3. The molecule has 8 heteroatoms. The van der Waals surface area contributed by atoms with E-state index in [1.54, 1.807) is 16.8 Å². The first-order valence-corrected chi connectivity index (χ1v) is 9.70. The number of rotatable bonds is 3. The number of aromatic nitrogens is 4. The van der Waals surface area contributed by atoms with Gasteiger partial charge < -0.3 is 10.1 Å². The van der Waals surface area contributed by atoms with Crippen LogP contribution < -0.4 is 5.32 Å². The summed E-state index contributed by atoms with van der Waals surface area (Å²) in [6.45, 7) is 0. The smallest absolute Gasteiger partial charge is 0.337 e. The zero-order valence-corrected chi connectivity index (χ0v) is 16.3. The van der Waals surface area contributed by atoms with E-state index in [1.807, 2.05) is 30.3 Å². The number of anilines is 1. The molecule has 2 aromatic carbocycles. The van der Waals surface area contributed by atoms with Crippen molar-refractivity contribution in [1.29, 1.82) is 0 Å². The normalized spacial score (nSPS) is 20.2. The van der Waals surface area contributed by atoms with Gasteiger partial charge in [0.1, 0.15) is 6.04 Å². The summed E-state index contributed by atoms with van der Waals surface area (Å²) in [6, 6.07) is 16.6. The molecule has 0 radical (unpaired) electrons. The van der Waals surface area contributed by atoms with Crippen LogP contribution >= 0.6 is 0 Å². The van der Waals surface area contributed by atoms with E-state index in [2.05, 4.69) is 33.0 Å². The molecular formula is C22H19N5O3. The van der Waals surface area contributed by atoms with Crippen LogP contribution in [-0.4, -0.2) is 39.1 Å². The lowest BCUT2D eigenvalue weighted by Gasteiger charge is -2.34. The molecule has 0 bridgehead atoms. The molecule has 2 heterocycles. The molecule has 0 saturated heterocycles. The Labute approximate surface area is 172 Å². The molecule has 1 aliphatic heterocycles.